The second-order valence-corrected chi connectivity index (χ2v) is 4.40. The highest BCUT2D eigenvalue weighted by atomic mass is 16.3. The number of phenolic OH excluding ortho intramolecular Hbond substituents is 2. The van der Waals surface area contributed by atoms with Crippen molar-refractivity contribution in [2.45, 2.75) is 6.42 Å². The first-order chi connectivity index (χ1) is 10.0. The van der Waals surface area contributed by atoms with E-state index >= 15 is 0 Å². The van der Waals surface area contributed by atoms with E-state index in [0.29, 0.717) is 5.56 Å². The Hall–Kier alpha value is -3.02. The molecule has 2 aromatic carbocycles. The fourth-order valence-electron chi connectivity index (χ4n) is 1.74. The van der Waals surface area contributed by atoms with Gasteiger partial charge in [-0.1, -0.05) is 18.2 Å². The molecule has 0 fully saturated rings. The molecule has 2 amide bonds. The zero-order chi connectivity index (χ0) is 15.2. The zero-order valence-corrected chi connectivity index (χ0v) is 11.0. The summed E-state index contributed by atoms with van der Waals surface area (Å²) in [7, 11) is 0. The van der Waals surface area contributed by atoms with Crippen LogP contribution in [0.3, 0.4) is 0 Å². The normalized spacial score (nSPS) is 9.90. The molecule has 6 heteroatoms. The topological polar surface area (TPSA) is 98.7 Å². The summed E-state index contributed by atoms with van der Waals surface area (Å²) in [5.41, 5.74) is 5.37. The van der Waals surface area contributed by atoms with Crippen molar-refractivity contribution in [3.8, 4) is 11.5 Å². The summed E-state index contributed by atoms with van der Waals surface area (Å²) in [6, 6.07) is 12.1. The summed E-state index contributed by atoms with van der Waals surface area (Å²) in [5, 5.41) is 18.6. The van der Waals surface area contributed by atoms with E-state index in [1.807, 2.05) is 0 Å². The standard InChI is InChI=1S/C15H14N2O4/c18-12-5-1-3-10(7-12)8-14(20)16-17-15(21)11-4-2-6-13(19)9-11/h1-7,9,18-19H,8H2,(H,16,20)(H,17,21). The molecule has 0 aliphatic rings. The minimum atomic E-state index is -0.532. The number of phenols is 2. The second kappa shape index (κ2) is 6.42. The Balaban J connectivity index is 1.88. The van der Waals surface area contributed by atoms with Crippen molar-refractivity contribution in [1.82, 2.24) is 10.9 Å². The molecule has 0 spiro atoms. The van der Waals surface area contributed by atoms with Gasteiger partial charge < -0.3 is 10.2 Å². The molecule has 0 unspecified atom stereocenters. The van der Waals surface area contributed by atoms with Gasteiger partial charge in [-0.05, 0) is 35.9 Å². The van der Waals surface area contributed by atoms with E-state index in [2.05, 4.69) is 10.9 Å². The lowest BCUT2D eigenvalue weighted by Crippen LogP contribution is -2.42. The molecule has 0 bridgehead atoms. The van der Waals surface area contributed by atoms with Crippen molar-refractivity contribution in [3.05, 3.63) is 59.7 Å². The molecule has 4 N–H and O–H groups in total. The Morgan fingerprint density at radius 3 is 2.24 bits per heavy atom. The zero-order valence-electron chi connectivity index (χ0n) is 11.0. The Kier molecular flexibility index (Phi) is 4.40. The predicted octanol–water partition coefficient (Wildman–Crippen LogP) is 1.10. The number of amides is 2. The largest absolute Gasteiger partial charge is 0.508 e. The quantitative estimate of drug-likeness (QED) is 0.635. The number of aromatic hydroxyl groups is 2. The maximum Gasteiger partial charge on any atom is 0.269 e. The van der Waals surface area contributed by atoms with Crippen molar-refractivity contribution in [2.75, 3.05) is 0 Å². The monoisotopic (exact) mass is 286 g/mol. The lowest BCUT2D eigenvalue weighted by Gasteiger charge is -2.08. The third kappa shape index (κ3) is 4.24. The maximum absolute atomic E-state index is 11.7. The second-order valence-electron chi connectivity index (χ2n) is 4.40. The highest BCUT2D eigenvalue weighted by Crippen LogP contribution is 2.11. The van der Waals surface area contributed by atoms with Crippen molar-refractivity contribution in [2.24, 2.45) is 0 Å². The number of carbonyl (C=O) groups is 2. The number of hydrogen-bond acceptors (Lipinski definition) is 4. The van der Waals surface area contributed by atoms with Gasteiger partial charge in [-0.25, -0.2) is 0 Å². The minimum absolute atomic E-state index is 0.0225. The van der Waals surface area contributed by atoms with Crippen molar-refractivity contribution >= 4 is 11.8 Å². The molecule has 0 heterocycles. The molecular weight excluding hydrogens is 272 g/mol. The highest BCUT2D eigenvalue weighted by molar-refractivity contribution is 5.95. The fraction of sp³-hybridized carbons (Fsp3) is 0.0667. The van der Waals surface area contributed by atoms with Gasteiger partial charge in [0.05, 0.1) is 6.42 Å². The molecule has 2 rings (SSSR count). The molecule has 21 heavy (non-hydrogen) atoms. The SMILES string of the molecule is O=C(Cc1cccc(O)c1)NNC(=O)c1cccc(O)c1. The number of hydrogen-bond donors (Lipinski definition) is 4. The fourth-order valence-corrected chi connectivity index (χ4v) is 1.74. The van der Waals surface area contributed by atoms with E-state index in [1.54, 1.807) is 12.1 Å². The first kappa shape index (κ1) is 14.4. The van der Waals surface area contributed by atoms with Crippen LogP contribution in [0.5, 0.6) is 11.5 Å². The molecule has 108 valence electrons. The summed E-state index contributed by atoms with van der Waals surface area (Å²) in [6.45, 7) is 0. The molecule has 6 nitrogen and oxygen atoms in total. The first-order valence-electron chi connectivity index (χ1n) is 6.21. The van der Waals surface area contributed by atoms with Crippen LogP contribution in [-0.2, 0) is 11.2 Å². The van der Waals surface area contributed by atoms with Crippen LogP contribution in [-0.4, -0.2) is 22.0 Å². The van der Waals surface area contributed by atoms with Crippen LogP contribution in [0, 0.1) is 0 Å². The first-order valence-corrected chi connectivity index (χ1v) is 6.21. The molecule has 0 aromatic heterocycles. The lowest BCUT2D eigenvalue weighted by molar-refractivity contribution is -0.121. The summed E-state index contributed by atoms with van der Waals surface area (Å²) in [5.74, 6) is -0.915. The molecule has 0 saturated carbocycles. The van der Waals surface area contributed by atoms with Crippen LogP contribution in [0.1, 0.15) is 15.9 Å². The Morgan fingerprint density at radius 1 is 0.905 bits per heavy atom. The van der Waals surface area contributed by atoms with Gasteiger partial charge in [0.1, 0.15) is 11.5 Å². The van der Waals surface area contributed by atoms with Gasteiger partial charge in [-0.3, -0.25) is 20.4 Å². The minimum Gasteiger partial charge on any atom is -0.508 e. The van der Waals surface area contributed by atoms with Crippen molar-refractivity contribution in [3.63, 3.8) is 0 Å². The van der Waals surface area contributed by atoms with Crippen LogP contribution >= 0.6 is 0 Å². The van der Waals surface area contributed by atoms with Gasteiger partial charge >= 0.3 is 0 Å². The molecule has 0 aliphatic carbocycles. The van der Waals surface area contributed by atoms with Crippen LogP contribution in [0.15, 0.2) is 48.5 Å². The van der Waals surface area contributed by atoms with E-state index < -0.39 is 11.8 Å². The molecule has 0 saturated heterocycles. The number of carbonyl (C=O) groups excluding carboxylic acids is 2. The van der Waals surface area contributed by atoms with Gasteiger partial charge in [0.25, 0.3) is 5.91 Å². The Bertz CT molecular complexity index is 670. The summed E-state index contributed by atoms with van der Waals surface area (Å²) >= 11 is 0. The van der Waals surface area contributed by atoms with E-state index in [1.165, 1.54) is 36.4 Å². The molecule has 2 aromatic rings. The smallest absolute Gasteiger partial charge is 0.269 e. The third-order valence-electron chi connectivity index (χ3n) is 2.70. The lowest BCUT2D eigenvalue weighted by atomic mass is 10.1. The van der Waals surface area contributed by atoms with Crippen LogP contribution in [0.4, 0.5) is 0 Å². The van der Waals surface area contributed by atoms with Crippen LogP contribution < -0.4 is 10.9 Å². The third-order valence-corrected chi connectivity index (χ3v) is 2.70. The molecule has 0 aliphatic heterocycles. The number of nitrogens with one attached hydrogen (secondary N) is 2. The Morgan fingerprint density at radius 2 is 1.57 bits per heavy atom. The van der Waals surface area contributed by atoms with E-state index in [4.69, 9.17) is 0 Å². The van der Waals surface area contributed by atoms with E-state index in [-0.39, 0.29) is 23.5 Å². The average molecular weight is 286 g/mol. The molecular formula is C15H14N2O4. The van der Waals surface area contributed by atoms with Crippen LogP contribution in [0.2, 0.25) is 0 Å². The van der Waals surface area contributed by atoms with Gasteiger partial charge in [0, 0.05) is 5.56 Å². The number of benzene rings is 2. The predicted molar refractivity (Wildman–Crippen MR) is 75.5 cm³/mol. The van der Waals surface area contributed by atoms with Gasteiger partial charge in [-0.2, -0.15) is 0 Å². The summed E-state index contributed by atoms with van der Waals surface area (Å²) in [6.07, 6.45) is 0.0225. The van der Waals surface area contributed by atoms with E-state index in [9.17, 15) is 19.8 Å². The summed E-state index contributed by atoms with van der Waals surface area (Å²) in [4.78, 5) is 23.4. The summed E-state index contributed by atoms with van der Waals surface area (Å²) < 4.78 is 0. The maximum atomic E-state index is 11.7. The average Bonchev–Trinajstić information content (AvgIpc) is 2.45. The Labute approximate surface area is 121 Å². The molecule has 0 radical (unpaired) electrons. The van der Waals surface area contributed by atoms with Crippen molar-refractivity contribution < 1.29 is 19.8 Å². The number of hydrazine groups is 1. The van der Waals surface area contributed by atoms with Crippen LogP contribution in [0.25, 0.3) is 0 Å². The number of rotatable bonds is 3. The van der Waals surface area contributed by atoms with Gasteiger partial charge in [-0.15, -0.1) is 0 Å². The molecule has 0 atom stereocenters. The van der Waals surface area contributed by atoms with Gasteiger partial charge in [0.15, 0.2) is 0 Å². The highest BCUT2D eigenvalue weighted by Gasteiger charge is 2.08. The van der Waals surface area contributed by atoms with Crippen molar-refractivity contribution in [1.29, 1.82) is 0 Å². The van der Waals surface area contributed by atoms with E-state index in [0.717, 1.165) is 0 Å². The van der Waals surface area contributed by atoms with Gasteiger partial charge in [0.2, 0.25) is 5.91 Å².